The molecule has 1 heterocycles. The van der Waals surface area contributed by atoms with E-state index in [0.29, 0.717) is 30.7 Å². The van der Waals surface area contributed by atoms with Gasteiger partial charge in [-0.3, -0.25) is 9.59 Å². The Kier molecular flexibility index (Phi) is 4.92. The molecular formula is C13H22N2O2S. The summed E-state index contributed by atoms with van der Waals surface area (Å²) < 4.78 is 0. The van der Waals surface area contributed by atoms with Crippen molar-refractivity contribution in [3.05, 3.63) is 0 Å². The number of carbonyl (C=O) groups excluding carboxylic acids is 2. The van der Waals surface area contributed by atoms with Crippen LogP contribution in [0.15, 0.2) is 0 Å². The zero-order valence-electron chi connectivity index (χ0n) is 10.9. The van der Waals surface area contributed by atoms with E-state index >= 15 is 0 Å². The summed E-state index contributed by atoms with van der Waals surface area (Å²) in [6.45, 7) is 2.67. The first kappa shape index (κ1) is 13.7. The second-order valence-electron chi connectivity index (χ2n) is 5.08. The fourth-order valence-electron chi connectivity index (χ4n) is 2.76. The van der Waals surface area contributed by atoms with Gasteiger partial charge in [-0.25, -0.2) is 0 Å². The van der Waals surface area contributed by atoms with Crippen molar-refractivity contribution in [3.63, 3.8) is 0 Å². The monoisotopic (exact) mass is 270 g/mol. The number of thioether (sulfide) groups is 1. The number of piperidine rings is 1. The Morgan fingerprint density at radius 3 is 2.94 bits per heavy atom. The van der Waals surface area contributed by atoms with E-state index in [1.807, 2.05) is 11.8 Å². The molecule has 2 fully saturated rings. The topological polar surface area (TPSA) is 58.2 Å². The van der Waals surface area contributed by atoms with Gasteiger partial charge in [0.2, 0.25) is 11.8 Å². The van der Waals surface area contributed by atoms with E-state index in [9.17, 15) is 9.59 Å². The molecule has 2 amide bonds. The minimum Gasteiger partial charge on any atom is -0.355 e. The molecule has 2 N–H and O–H groups in total. The highest BCUT2D eigenvalue weighted by atomic mass is 32.2. The highest BCUT2D eigenvalue weighted by Gasteiger charge is 2.31. The third kappa shape index (κ3) is 3.40. The maximum absolute atomic E-state index is 12.1. The van der Waals surface area contributed by atoms with Crippen LogP contribution in [0.25, 0.3) is 0 Å². The molecule has 5 heteroatoms. The molecule has 0 aromatic heterocycles. The van der Waals surface area contributed by atoms with Crippen molar-refractivity contribution in [1.29, 1.82) is 0 Å². The molecule has 3 atom stereocenters. The van der Waals surface area contributed by atoms with Crippen LogP contribution < -0.4 is 10.6 Å². The fraction of sp³-hybridized carbons (Fsp3) is 0.846. The number of amides is 2. The van der Waals surface area contributed by atoms with Gasteiger partial charge in [-0.2, -0.15) is 11.8 Å². The molecule has 0 bridgehead atoms. The number of rotatable bonds is 4. The fourth-order valence-corrected chi connectivity index (χ4v) is 3.96. The first-order chi connectivity index (χ1) is 8.70. The summed E-state index contributed by atoms with van der Waals surface area (Å²) in [5.74, 6) is 1.27. The van der Waals surface area contributed by atoms with E-state index in [4.69, 9.17) is 0 Å². The summed E-state index contributed by atoms with van der Waals surface area (Å²) in [6, 6.07) is 0.333. The Bertz CT molecular complexity index is 312. The van der Waals surface area contributed by atoms with Gasteiger partial charge in [-0.05, 0) is 25.0 Å². The van der Waals surface area contributed by atoms with Crippen LogP contribution in [-0.4, -0.2) is 35.4 Å². The normalized spacial score (nSPS) is 32.1. The van der Waals surface area contributed by atoms with Crippen LogP contribution in [0, 0.1) is 5.92 Å². The molecule has 2 rings (SSSR count). The summed E-state index contributed by atoms with van der Waals surface area (Å²) in [7, 11) is 0. The predicted molar refractivity (Wildman–Crippen MR) is 73.4 cm³/mol. The number of carbonyl (C=O) groups is 2. The summed E-state index contributed by atoms with van der Waals surface area (Å²) >= 11 is 1.95. The molecule has 3 unspecified atom stereocenters. The molecule has 0 aromatic carbocycles. The van der Waals surface area contributed by atoms with E-state index in [1.54, 1.807) is 0 Å². The second kappa shape index (κ2) is 6.45. The SMILES string of the molecule is CCSC1CCCC1NC(=O)C1CCC(=O)NC1. The molecule has 1 saturated carbocycles. The minimum absolute atomic E-state index is 0.0319. The Labute approximate surface area is 113 Å². The first-order valence-electron chi connectivity index (χ1n) is 6.89. The molecular weight excluding hydrogens is 248 g/mol. The molecule has 2 aliphatic rings. The minimum atomic E-state index is -0.0319. The van der Waals surface area contributed by atoms with Gasteiger partial charge in [0.1, 0.15) is 0 Å². The lowest BCUT2D eigenvalue weighted by Crippen LogP contribution is -2.47. The van der Waals surface area contributed by atoms with Crippen molar-refractivity contribution in [2.75, 3.05) is 12.3 Å². The van der Waals surface area contributed by atoms with Crippen LogP contribution in [0.3, 0.4) is 0 Å². The molecule has 102 valence electrons. The van der Waals surface area contributed by atoms with E-state index in [2.05, 4.69) is 17.6 Å². The Morgan fingerprint density at radius 1 is 1.44 bits per heavy atom. The van der Waals surface area contributed by atoms with Crippen molar-refractivity contribution < 1.29 is 9.59 Å². The van der Waals surface area contributed by atoms with Crippen molar-refractivity contribution in [3.8, 4) is 0 Å². The number of hydrogen-bond donors (Lipinski definition) is 2. The number of nitrogens with one attached hydrogen (secondary N) is 2. The Balaban J connectivity index is 1.81. The molecule has 1 aliphatic carbocycles. The molecule has 4 nitrogen and oxygen atoms in total. The average Bonchev–Trinajstić information content (AvgIpc) is 2.78. The van der Waals surface area contributed by atoms with Gasteiger partial charge in [-0.15, -0.1) is 0 Å². The summed E-state index contributed by atoms with van der Waals surface area (Å²) in [6.07, 6.45) is 4.70. The van der Waals surface area contributed by atoms with Gasteiger partial charge in [0.05, 0.1) is 5.92 Å². The third-order valence-electron chi connectivity index (χ3n) is 3.80. The molecule has 1 saturated heterocycles. The van der Waals surface area contributed by atoms with Crippen molar-refractivity contribution >= 4 is 23.6 Å². The lowest BCUT2D eigenvalue weighted by molar-refractivity contribution is -0.129. The van der Waals surface area contributed by atoms with E-state index in [-0.39, 0.29) is 17.7 Å². The highest BCUT2D eigenvalue weighted by Crippen LogP contribution is 2.30. The van der Waals surface area contributed by atoms with Crippen molar-refractivity contribution in [1.82, 2.24) is 10.6 Å². The zero-order chi connectivity index (χ0) is 13.0. The van der Waals surface area contributed by atoms with Crippen LogP contribution >= 0.6 is 11.8 Å². The largest absolute Gasteiger partial charge is 0.355 e. The van der Waals surface area contributed by atoms with Crippen LogP contribution in [0.2, 0.25) is 0 Å². The second-order valence-corrected chi connectivity index (χ2v) is 6.60. The standard InChI is InChI=1S/C13H22N2O2S/c1-2-18-11-5-3-4-10(11)15-13(17)9-6-7-12(16)14-8-9/h9-11H,2-8H2,1H3,(H,14,16)(H,15,17). The molecule has 0 spiro atoms. The number of hydrogen-bond acceptors (Lipinski definition) is 3. The van der Waals surface area contributed by atoms with Crippen molar-refractivity contribution in [2.24, 2.45) is 5.92 Å². The van der Waals surface area contributed by atoms with Gasteiger partial charge < -0.3 is 10.6 Å². The quantitative estimate of drug-likeness (QED) is 0.809. The van der Waals surface area contributed by atoms with Gasteiger partial charge in [0.25, 0.3) is 0 Å². The van der Waals surface area contributed by atoms with Gasteiger partial charge in [0.15, 0.2) is 0 Å². The van der Waals surface area contributed by atoms with Crippen molar-refractivity contribution in [2.45, 2.75) is 50.3 Å². The van der Waals surface area contributed by atoms with E-state index in [1.165, 1.54) is 12.8 Å². The van der Waals surface area contributed by atoms with Crippen LogP contribution in [0.5, 0.6) is 0 Å². The lowest BCUT2D eigenvalue weighted by atomic mass is 9.98. The van der Waals surface area contributed by atoms with Crippen LogP contribution in [0.1, 0.15) is 39.0 Å². The molecule has 18 heavy (non-hydrogen) atoms. The van der Waals surface area contributed by atoms with Crippen LogP contribution in [-0.2, 0) is 9.59 Å². The Hall–Kier alpha value is -0.710. The summed E-state index contributed by atoms with van der Waals surface area (Å²) in [5, 5.41) is 6.54. The third-order valence-corrected chi connectivity index (χ3v) is 5.12. The average molecular weight is 270 g/mol. The first-order valence-corrected chi connectivity index (χ1v) is 7.94. The summed E-state index contributed by atoms with van der Waals surface area (Å²) in [5.41, 5.74) is 0. The Morgan fingerprint density at radius 2 is 2.28 bits per heavy atom. The molecule has 1 aliphatic heterocycles. The van der Waals surface area contributed by atoms with Gasteiger partial charge >= 0.3 is 0 Å². The van der Waals surface area contributed by atoms with E-state index in [0.717, 1.165) is 12.2 Å². The lowest BCUT2D eigenvalue weighted by Gasteiger charge is -2.26. The molecule has 0 aromatic rings. The maximum atomic E-state index is 12.1. The molecule has 0 radical (unpaired) electrons. The van der Waals surface area contributed by atoms with E-state index < -0.39 is 0 Å². The zero-order valence-corrected chi connectivity index (χ0v) is 11.7. The van der Waals surface area contributed by atoms with Crippen LogP contribution in [0.4, 0.5) is 0 Å². The highest BCUT2D eigenvalue weighted by molar-refractivity contribution is 7.99. The van der Waals surface area contributed by atoms with Gasteiger partial charge in [0, 0.05) is 24.3 Å². The van der Waals surface area contributed by atoms with Gasteiger partial charge in [-0.1, -0.05) is 13.3 Å². The predicted octanol–water partition coefficient (Wildman–Crippen LogP) is 1.30. The maximum Gasteiger partial charge on any atom is 0.225 e. The summed E-state index contributed by atoms with van der Waals surface area (Å²) in [4.78, 5) is 23.2. The smallest absolute Gasteiger partial charge is 0.225 e.